The molecule has 1 amide bonds. The van der Waals surface area contributed by atoms with Crippen LogP contribution in [0, 0.1) is 5.92 Å². The molecule has 1 aliphatic rings. The van der Waals surface area contributed by atoms with Gasteiger partial charge in [0.05, 0.1) is 6.54 Å². The highest BCUT2D eigenvalue weighted by atomic mass is 16.2. The van der Waals surface area contributed by atoms with Gasteiger partial charge in [-0.2, -0.15) is 0 Å². The van der Waals surface area contributed by atoms with E-state index < -0.39 is 0 Å². The third-order valence-electron chi connectivity index (χ3n) is 3.18. The molecule has 1 atom stereocenters. The van der Waals surface area contributed by atoms with Crippen molar-refractivity contribution >= 4 is 5.91 Å². The highest BCUT2D eigenvalue weighted by molar-refractivity contribution is 5.78. The molecule has 0 bridgehead atoms. The van der Waals surface area contributed by atoms with Crippen LogP contribution in [-0.4, -0.2) is 30.4 Å². The van der Waals surface area contributed by atoms with E-state index in [0.717, 1.165) is 25.9 Å². The maximum Gasteiger partial charge on any atom is 0.236 e. The first-order chi connectivity index (χ1) is 7.79. The molecule has 0 saturated carbocycles. The number of benzene rings is 1. The van der Waals surface area contributed by atoms with Crippen LogP contribution in [0.25, 0.3) is 0 Å². The third-order valence-corrected chi connectivity index (χ3v) is 3.18. The van der Waals surface area contributed by atoms with Crippen molar-refractivity contribution in [2.75, 3.05) is 19.6 Å². The summed E-state index contributed by atoms with van der Waals surface area (Å²) in [6, 6.07) is 10.4. The van der Waals surface area contributed by atoms with Crippen molar-refractivity contribution in [2.45, 2.75) is 12.8 Å². The highest BCUT2D eigenvalue weighted by Gasteiger charge is 2.25. The largest absolute Gasteiger partial charge is 0.341 e. The Kier molecular flexibility index (Phi) is 3.57. The molecule has 1 saturated heterocycles. The van der Waals surface area contributed by atoms with E-state index >= 15 is 0 Å². The standard InChI is InChI=1S/C13H18N2O/c14-9-13(16)15-7-6-12(10-15)8-11-4-2-1-3-5-11/h1-5,12H,6-10,14H2. The predicted molar refractivity (Wildman–Crippen MR) is 63.9 cm³/mol. The van der Waals surface area contributed by atoms with Crippen LogP contribution in [0.4, 0.5) is 0 Å². The molecule has 0 aliphatic carbocycles. The molecule has 86 valence electrons. The van der Waals surface area contributed by atoms with Crippen LogP contribution in [0.5, 0.6) is 0 Å². The Hall–Kier alpha value is -1.35. The Bertz CT molecular complexity index is 350. The number of hydrogen-bond donors (Lipinski definition) is 1. The lowest BCUT2D eigenvalue weighted by atomic mass is 9.99. The van der Waals surface area contributed by atoms with Crippen LogP contribution in [0.15, 0.2) is 30.3 Å². The topological polar surface area (TPSA) is 46.3 Å². The van der Waals surface area contributed by atoms with Crippen LogP contribution in [0.1, 0.15) is 12.0 Å². The van der Waals surface area contributed by atoms with E-state index in [1.165, 1.54) is 5.56 Å². The number of carbonyl (C=O) groups excluding carboxylic acids is 1. The summed E-state index contributed by atoms with van der Waals surface area (Å²) in [5, 5.41) is 0. The molecule has 16 heavy (non-hydrogen) atoms. The number of amides is 1. The van der Waals surface area contributed by atoms with Gasteiger partial charge in [0.25, 0.3) is 0 Å². The summed E-state index contributed by atoms with van der Waals surface area (Å²) in [7, 11) is 0. The lowest BCUT2D eigenvalue weighted by molar-refractivity contribution is -0.128. The Balaban J connectivity index is 1.88. The molecule has 1 aromatic rings. The van der Waals surface area contributed by atoms with Crippen molar-refractivity contribution in [3.05, 3.63) is 35.9 Å². The van der Waals surface area contributed by atoms with Gasteiger partial charge in [-0.05, 0) is 24.3 Å². The molecule has 2 N–H and O–H groups in total. The first-order valence-corrected chi connectivity index (χ1v) is 5.81. The first kappa shape index (κ1) is 11.1. The van der Waals surface area contributed by atoms with Crippen molar-refractivity contribution in [3.63, 3.8) is 0 Å². The Morgan fingerprint density at radius 1 is 1.38 bits per heavy atom. The average Bonchev–Trinajstić information content (AvgIpc) is 2.78. The molecule has 1 heterocycles. The number of likely N-dealkylation sites (tertiary alicyclic amines) is 1. The van der Waals surface area contributed by atoms with Crippen molar-refractivity contribution in [1.82, 2.24) is 4.90 Å². The smallest absolute Gasteiger partial charge is 0.236 e. The fraction of sp³-hybridized carbons (Fsp3) is 0.462. The molecule has 1 unspecified atom stereocenters. The second-order valence-corrected chi connectivity index (χ2v) is 4.39. The molecule has 1 aromatic carbocycles. The summed E-state index contributed by atoms with van der Waals surface area (Å²) in [5.41, 5.74) is 6.71. The lowest BCUT2D eigenvalue weighted by Crippen LogP contribution is -2.34. The van der Waals surface area contributed by atoms with Crippen LogP contribution in [0.3, 0.4) is 0 Å². The van der Waals surface area contributed by atoms with Gasteiger partial charge in [0, 0.05) is 13.1 Å². The minimum atomic E-state index is 0.0792. The van der Waals surface area contributed by atoms with Gasteiger partial charge in [-0.1, -0.05) is 30.3 Å². The van der Waals surface area contributed by atoms with E-state index in [1.807, 2.05) is 11.0 Å². The summed E-state index contributed by atoms with van der Waals surface area (Å²) in [6.45, 7) is 1.87. The number of hydrogen-bond acceptors (Lipinski definition) is 2. The normalized spacial score (nSPS) is 20.1. The van der Waals surface area contributed by atoms with Crippen LogP contribution in [0.2, 0.25) is 0 Å². The molecule has 0 spiro atoms. The van der Waals surface area contributed by atoms with Gasteiger partial charge in [-0.15, -0.1) is 0 Å². The van der Waals surface area contributed by atoms with E-state index in [2.05, 4.69) is 24.3 Å². The second kappa shape index (κ2) is 5.12. The molecule has 2 rings (SSSR count). The fourth-order valence-corrected chi connectivity index (χ4v) is 2.30. The summed E-state index contributed by atoms with van der Waals surface area (Å²) in [4.78, 5) is 13.3. The van der Waals surface area contributed by atoms with Gasteiger partial charge in [0.2, 0.25) is 5.91 Å². The van der Waals surface area contributed by atoms with E-state index in [9.17, 15) is 4.79 Å². The van der Waals surface area contributed by atoms with Gasteiger partial charge in [0.15, 0.2) is 0 Å². The maximum absolute atomic E-state index is 11.4. The Morgan fingerprint density at radius 3 is 2.81 bits per heavy atom. The minimum Gasteiger partial charge on any atom is -0.341 e. The van der Waals surface area contributed by atoms with Crippen molar-refractivity contribution in [1.29, 1.82) is 0 Å². The molecule has 1 fully saturated rings. The number of nitrogens with two attached hydrogens (primary N) is 1. The summed E-state index contributed by atoms with van der Waals surface area (Å²) in [5.74, 6) is 0.675. The van der Waals surface area contributed by atoms with Crippen LogP contribution >= 0.6 is 0 Å². The highest BCUT2D eigenvalue weighted by Crippen LogP contribution is 2.20. The molecule has 1 aliphatic heterocycles. The SMILES string of the molecule is NCC(=O)N1CCC(Cc2ccccc2)C1. The molecular weight excluding hydrogens is 200 g/mol. The zero-order chi connectivity index (χ0) is 11.4. The van der Waals surface area contributed by atoms with Gasteiger partial charge >= 0.3 is 0 Å². The second-order valence-electron chi connectivity index (χ2n) is 4.39. The number of rotatable bonds is 3. The monoisotopic (exact) mass is 218 g/mol. The van der Waals surface area contributed by atoms with Gasteiger partial charge in [-0.25, -0.2) is 0 Å². The van der Waals surface area contributed by atoms with Crippen LogP contribution in [-0.2, 0) is 11.2 Å². The zero-order valence-electron chi connectivity index (χ0n) is 9.43. The van der Waals surface area contributed by atoms with Gasteiger partial charge < -0.3 is 10.6 Å². The Labute approximate surface area is 96.2 Å². The van der Waals surface area contributed by atoms with E-state index in [0.29, 0.717) is 5.92 Å². The van der Waals surface area contributed by atoms with Gasteiger partial charge in [0.1, 0.15) is 0 Å². The third kappa shape index (κ3) is 2.61. The van der Waals surface area contributed by atoms with Gasteiger partial charge in [-0.3, -0.25) is 4.79 Å². The lowest BCUT2D eigenvalue weighted by Gasteiger charge is -2.15. The number of carbonyl (C=O) groups is 1. The van der Waals surface area contributed by atoms with E-state index in [1.54, 1.807) is 0 Å². The van der Waals surface area contributed by atoms with Crippen molar-refractivity contribution < 1.29 is 4.79 Å². The summed E-state index contributed by atoms with van der Waals surface area (Å²) in [6.07, 6.45) is 2.16. The number of nitrogens with zero attached hydrogens (tertiary/aromatic N) is 1. The molecule has 3 nitrogen and oxygen atoms in total. The molecule has 0 radical (unpaired) electrons. The van der Waals surface area contributed by atoms with Crippen molar-refractivity contribution in [3.8, 4) is 0 Å². The van der Waals surface area contributed by atoms with Crippen LogP contribution < -0.4 is 5.73 Å². The summed E-state index contributed by atoms with van der Waals surface area (Å²) < 4.78 is 0. The van der Waals surface area contributed by atoms with Crippen molar-refractivity contribution in [2.24, 2.45) is 11.7 Å². The maximum atomic E-state index is 11.4. The molecule has 3 heteroatoms. The quantitative estimate of drug-likeness (QED) is 0.824. The predicted octanol–water partition coefficient (Wildman–Crippen LogP) is 1.04. The van der Waals surface area contributed by atoms with E-state index in [4.69, 9.17) is 5.73 Å². The summed E-state index contributed by atoms with van der Waals surface area (Å²) >= 11 is 0. The first-order valence-electron chi connectivity index (χ1n) is 5.81. The Morgan fingerprint density at radius 2 is 2.12 bits per heavy atom. The minimum absolute atomic E-state index is 0.0792. The fourth-order valence-electron chi connectivity index (χ4n) is 2.30. The molecular formula is C13H18N2O. The van der Waals surface area contributed by atoms with E-state index in [-0.39, 0.29) is 12.5 Å². The zero-order valence-corrected chi connectivity index (χ0v) is 9.43. The molecule has 0 aromatic heterocycles. The average molecular weight is 218 g/mol.